The van der Waals surface area contributed by atoms with Gasteiger partial charge in [0.05, 0.1) is 6.04 Å². The third-order valence-electron chi connectivity index (χ3n) is 3.55. The van der Waals surface area contributed by atoms with Crippen LogP contribution >= 0.6 is 0 Å². The molecule has 0 spiro atoms. The van der Waals surface area contributed by atoms with E-state index in [2.05, 4.69) is 26.0 Å². The molecular formula is C15H21NO. The predicted octanol–water partition coefficient (Wildman–Crippen LogP) is 4.26. The Balaban J connectivity index is 2.15. The van der Waals surface area contributed by atoms with E-state index in [4.69, 9.17) is 10.2 Å². The van der Waals surface area contributed by atoms with Gasteiger partial charge in [0.25, 0.3) is 0 Å². The average molecular weight is 231 g/mol. The molecule has 2 rings (SSSR count). The highest BCUT2D eigenvalue weighted by molar-refractivity contribution is 5.77. The lowest BCUT2D eigenvalue weighted by atomic mass is 9.94. The largest absolute Gasteiger partial charge is 0.459 e. The van der Waals surface area contributed by atoms with Crippen LogP contribution in [0.25, 0.3) is 11.0 Å². The van der Waals surface area contributed by atoms with Crippen molar-refractivity contribution in [3.8, 4) is 0 Å². The molecule has 0 saturated heterocycles. The SMILES string of the molecule is CCC(CC)CC(N)c1cc2ccccc2o1. The number of hydrogen-bond acceptors (Lipinski definition) is 2. The zero-order valence-electron chi connectivity index (χ0n) is 10.6. The monoisotopic (exact) mass is 231 g/mol. The summed E-state index contributed by atoms with van der Waals surface area (Å²) in [5.74, 6) is 1.61. The van der Waals surface area contributed by atoms with Gasteiger partial charge in [-0.2, -0.15) is 0 Å². The Morgan fingerprint density at radius 3 is 2.53 bits per heavy atom. The van der Waals surface area contributed by atoms with Crippen molar-refractivity contribution in [2.75, 3.05) is 0 Å². The molecular weight excluding hydrogens is 210 g/mol. The van der Waals surface area contributed by atoms with Crippen LogP contribution in [0.15, 0.2) is 34.7 Å². The van der Waals surface area contributed by atoms with Gasteiger partial charge >= 0.3 is 0 Å². The molecule has 0 radical (unpaired) electrons. The Morgan fingerprint density at radius 2 is 1.88 bits per heavy atom. The second-order valence-electron chi connectivity index (χ2n) is 4.71. The van der Waals surface area contributed by atoms with Crippen LogP contribution in [0.1, 0.15) is 44.9 Å². The maximum absolute atomic E-state index is 6.22. The fraction of sp³-hybridized carbons (Fsp3) is 0.467. The van der Waals surface area contributed by atoms with Crippen molar-refractivity contribution >= 4 is 11.0 Å². The Hall–Kier alpha value is -1.28. The van der Waals surface area contributed by atoms with Crippen molar-refractivity contribution in [1.82, 2.24) is 0 Å². The first-order valence-electron chi connectivity index (χ1n) is 6.48. The van der Waals surface area contributed by atoms with E-state index >= 15 is 0 Å². The lowest BCUT2D eigenvalue weighted by molar-refractivity contribution is 0.379. The van der Waals surface area contributed by atoms with E-state index < -0.39 is 0 Å². The van der Waals surface area contributed by atoms with Gasteiger partial charge in [-0.1, -0.05) is 44.9 Å². The van der Waals surface area contributed by atoms with E-state index in [-0.39, 0.29) is 6.04 Å². The topological polar surface area (TPSA) is 39.2 Å². The van der Waals surface area contributed by atoms with Crippen molar-refractivity contribution in [3.63, 3.8) is 0 Å². The quantitative estimate of drug-likeness (QED) is 0.835. The van der Waals surface area contributed by atoms with Crippen LogP contribution in [0.3, 0.4) is 0 Å². The molecule has 1 heterocycles. The van der Waals surface area contributed by atoms with Gasteiger partial charge in [0.2, 0.25) is 0 Å². The smallest absolute Gasteiger partial charge is 0.134 e. The van der Waals surface area contributed by atoms with Crippen LogP contribution in [-0.2, 0) is 0 Å². The molecule has 0 amide bonds. The van der Waals surface area contributed by atoms with Crippen molar-refractivity contribution in [2.45, 2.75) is 39.2 Å². The van der Waals surface area contributed by atoms with E-state index in [1.54, 1.807) is 0 Å². The van der Waals surface area contributed by atoms with Gasteiger partial charge in [-0.15, -0.1) is 0 Å². The van der Waals surface area contributed by atoms with Gasteiger partial charge in [0, 0.05) is 5.39 Å². The molecule has 1 aromatic heterocycles. The molecule has 0 aliphatic heterocycles. The average Bonchev–Trinajstić information content (AvgIpc) is 2.79. The molecule has 2 N–H and O–H groups in total. The maximum Gasteiger partial charge on any atom is 0.134 e. The Morgan fingerprint density at radius 1 is 1.18 bits per heavy atom. The minimum absolute atomic E-state index is 0.0206. The third kappa shape index (κ3) is 2.70. The number of rotatable bonds is 5. The molecule has 0 fully saturated rings. The molecule has 92 valence electrons. The zero-order valence-corrected chi connectivity index (χ0v) is 10.6. The van der Waals surface area contributed by atoms with E-state index in [0.717, 1.165) is 23.2 Å². The second kappa shape index (κ2) is 5.37. The summed E-state index contributed by atoms with van der Waals surface area (Å²) < 4.78 is 5.79. The summed E-state index contributed by atoms with van der Waals surface area (Å²) in [7, 11) is 0. The fourth-order valence-corrected chi connectivity index (χ4v) is 2.28. The molecule has 1 unspecified atom stereocenters. The van der Waals surface area contributed by atoms with Crippen LogP contribution in [0, 0.1) is 5.92 Å². The number of fused-ring (bicyclic) bond motifs is 1. The molecule has 0 bridgehead atoms. The Labute approximate surface area is 103 Å². The van der Waals surface area contributed by atoms with Gasteiger partial charge in [-0.05, 0) is 24.5 Å². The summed E-state index contributed by atoms with van der Waals surface area (Å²) in [6.07, 6.45) is 3.38. The first-order chi connectivity index (χ1) is 8.24. The first-order valence-corrected chi connectivity index (χ1v) is 6.48. The van der Waals surface area contributed by atoms with Crippen molar-refractivity contribution in [3.05, 3.63) is 36.1 Å². The Bertz CT molecular complexity index is 437. The Kier molecular flexibility index (Phi) is 3.85. The molecule has 2 heteroatoms. The van der Waals surface area contributed by atoms with E-state index in [1.165, 1.54) is 12.8 Å². The lowest BCUT2D eigenvalue weighted by Gasteiger charge is -2.16. The van der Waals surface area contributed by atoms with Gasteiger partial charge in [-0.25, -0.2) is 0 Å². The minimum Gasteiger partial charge on any atom is -0.459 e. The molecule has 0 aliphatic rings. The lowest BCUT2D eigenvalue weighted by Crippen LogP contribution is -2.14. The van der Waals surface area contributed by atoms with Crippen LogP contribution in [0.5, 0.6) is 0 Å². The summed E-state index contributed by atoms with van der Waals surface area (Å²) >= 11 is 0. The summed E-state index contributed by atoms with van der Waals surface area (Å²) in [6, 6.07) is 10.2. The van der Waals surface area contributed by atoms with Crippen LogP contribution in [0.2, 0.25) is 0 Å². The highest BCUT2D eigenvalue weighted by atomic mass is 16.3. The van der Waals surface area contributed by atoms with Crippen molar-refractivity contribution < 1.29 is 4.42 Å². The molecule has 2 aromatic rings. The fourth-order valence-electron chi connectivity index (χ4n) is 2.28. The van der Waals surface area contributed by atoms with E-state index in [9.17, 15) is 0 Å². The van der Waals surface area contributed by atoms with Crippen molar-refractivity contribution in [2.24, 2.45) is 11.7 Å². The molecule has 0 aliphatic carbocycles. The molecule has 1 aromatic carbocycles. The molecule has 0 saturated carbocycles. The summed E-state index contributed by atoms with van der Waals surface area (Å²) in [6.45, 7) is 4.44. The standard InChI is InChI=1S/C15H21NO/c1-3-11(4-2)9-13(16)15-10-12-7-5-6-8-14(12)17-15/h5-8,10-11,13H,3-4,9,16H2,1-2H3. The maximum atomic E-state index is 6.22. The highest BCUT2D eigenvalue weighted by Crippen LogP contribution is 2.27. The zero-order chi connectivity index (χ0) is 12.3. The normalized spacial score (nSPS) is 13.4. The molecule has 2 nitrogen and oxygen atoms in total. The first kappa shape index (κ1) is 12.2. The van der Waals surface area contributed by atoms with Crippen LogP contribution in [-0.4, -0.2) is 0 Å². The van der Waals surface area contributed by atoms with Gasteiger partial charge in [-0.3, -0.25) is 0 Å². The van der Waals surface area contributed by atoms with Crippen LogP contribution in [0.4, 0.5) is 0 Å². The van der Waals surface area contributed by atoms with Gasteiger partial charge < -0.3 is 10.2 Å². The van der Waals surface area contributed by atoms with Gasteiger partial charge in [0.1, 0.15) is 11.3 Å². The van der Waals surface area contributed by atoms with Gasteiger partial charge in [0.15, 0.2) is 0 Å². The summed E-state index contributed by atoms with van der Waals surface area (Å²) in [5.41, 5.74) is 7.15. The van der Waals surface area contributed by atoms with E-state index in [1.807, 2.05) is 18.2 Å². The predicted molar refractivity (Wildman–Crippen MR) is 71.8 cm³/mol. The van der Waals surface area contributed by atoms with E-state index in [0.29, 0.717) is 5.92 Å². The second-order valence-corrected chi connectivity index (χ2v) is 4.71. The molecule has 1 atom stereocenters. The minimum atomic E-state index is 0.0206. The highest BCUT2D eigenvalue weighted by Gasteiger charge is 2.15. The number of para-hydroxylation sites is 1. The number of furan rings is 1. The number of benzene rings is 1. The van der Waals surface area contributed by atoms with Crippen molar-refractivity contribution in [1.29, 1.82) is 0 Å². The summed E-state index contributed by atoms with van der Waals surface area (Å²) in [4.78, 5) is 0. The molecule has 17 heavy (non-hydrogen) atoms. The number of hydrogen-bond donors (Lipinski definition) is 1. The third-order valence-corrected chi connectivity index (χ3v) is 3.55. The number of nitrogens with two attached hydrogens (primary N) is 1. The van der Waals surface area contributed by atoms with Crippen LogP contribution < -0.4 is 5.73 Å². The summed E-state index contributed by atoms with van der Waals surface area (Å²) in [5, 5.41) is 1.14.